The van der Waals surface area contributed by atoms with Gasteiger partial charge in [-0.25, -0.2) is 8.42 Å². The molecule has 12 heteroatoms. The Balaban J connectivity index is 2.50. The number of aromatic nitrogens is 2. The Bertz CT molecular complexity index is 1030. The second-order valence-electron chi connectivity index (χ2n) is 5.74. The summed E-state index contributed by atoms with van der Waals surface area (Å²) in [7, 11) is -2.38. The van der Waals surface area contributed by atoms with Gasteiger partial charge in [-0.15, -0.1) is 0 Å². The van der Waals surface area contributed by atoms with Crippen LogP contribution in [0.2, 0.25) is 10.0 Å². The monoisotopic (exact) mass is 447 g/mol. The standard InChI is InChI=1S/C16H19Cl2N5O4S/c1-4-23(5-2)28(26,27)13-6-9(10(17)7-11(13)18)16(25)20-12-8-22(3)21-14(12)15(19)24/h6-8H,4-5H2,1-3H3,(H2,19,24)(H,20,25). The fraction of sp³-hybridized carbons (Fsp3) is 0.312. The third-order valence-corrected chi connectivity index (χ3v) is 6.73. The molecule has 0 aliphatic rings. The highest BCUT2D eigenvalue weighted by molar-refractivity contribution is 7.89. The lowest BCUT2D eigenvalue weighted by Gasteiger charge is -2.20. The Kier molecular flexibility index (Phi) is 6.71. The molecule has 0 bridgehead atoms. The number of carbonyl (C=O) groups excluding carboxylic acids is 2. The summed E-state index contributed by atoms with van der Waals surface area (Å²) in [6.07, 6.45) is 1.38. The van der Waals surface area contributed by atoms with Crippen LogP contribution in [-0.4, -0.2) is 47.4 Å². The van der Waals surface area contributed by atoms with E-state index in [1.807, 2.05) is 0 Å². The van der Waals surface area contributed by atoms with E-state index in [1.165, 1.54) is 21.3 Å². The number of amides is 2. The number of rotatable bonds is 7. The van der Waals surface area contributed by atoms with Gasteiger partial charge in [-0.2, -0.15) is 9.40 Å². The third kappa shape index (κ3) is 4.30. The van der Waals surface area contributed by atoms with Crippen molar-refractivity contribution in [1.82, 2.24) is 14.1 Å². The fourth-order valence-corrected chi connectivity index (χ4v) is 4.85. The first-order valence-corrected chi connectivity index (χ1v) is 10.4. The molecule has 0 fully saturated rings. The van der Waals surface area contributed by atoms with Crippen molar-refractivity contribution in [3.05, 3.63) is 39.6 Å². The van der Waals surface area contributed by atoms with Gasteiger partial charge in [-0.3, -0.25) is 14.3 Å². The highest BCUT2D eigenvalue weighted by atomic mass is 35.5. The summed E-state index contributed by atoms with van der Waals surface area (Å²) >= 11 is 12.2. The van der Waals surface area contributed by atoms with Crippen LogP contribution in [-0.2, 0) is 17.1 Å². The minimum atomic E-state index is -3.92. The summed E-state index contributed by atoms with van der Waals surface area (Å²) in [5, 5.41) is 6.18. The Hall–Kier alpha value is -2.14. The van der Waals surface area contributed by atoms with Crippen molar-refractivity contribution in [1.29, 1.82) is 0 Å². The number of primary amides is 1. The molecule has 2 aromatic rings. The average molecular weight is 448 g/mol. The van der Waals surface area contributed by atoms with E-state index in [9.17, 15) is 18.0 Å². The van der Waals surface area contributed by atoms with Gasteiger partial charge in [0.15, 0.2) is 5.69 Å². The van der Waals surface area contributed by atoms with Crippen molar-refractivity contribution < 1.29 is 18.0 Å². The van der Waals surface area contributed by atoms with Gasteiger partial charge in [0.1, 0.15) is 4.90 Å². The minimum absolute atomic E-state index is 0.0505. The highest BCUT2D eigenvalue weighted by Gasteiger charge is 2.27. The number of benzene rings is 1. The Morgan fingerprint density at radius 1 is 1.21 bits per heavy atom. The zero-order valence-electron chi connectivity index (χ0n) is 15.4. The van der Waals surface area contributed by atoms with E-state index in [0.717, 1.165) is 6.07 Å². The molecule has 0 radical (unpaired) electrons. The molecule has 1 heterocycles. The topological polar surface area (TPSA) is 127 Å². The lowest BCUT2D eigenvalue weighted by atomic mass is 10.2. The summed E-state index contributed by atoms with van der Waals surface area (Å²) in [5.41, 5.74) is 5.04. The molecular formula is C16H19Cl2N5O4S. The smallest absolute Gasteiger partial charge is 0.271 e. The van der Waals surface area contributed by atoms with Crippen LogP contribution in [0, 0.1) is 0 Å². The molecule has 0 aliphatic heterocycles. The number of nitrogens with one attached hydrogen (secondary N) is 1. The molecule has 3 N–H and O–H groups in total. The summed E-state index contributed by atoms with van der Waals surface area (Å²) in [4.78, 5) is 23.9. The van der Waals surface area contributed by atoms with Crippen LogP contribution < -0.4 is 11.1 Å². The van der Waals surface area contributed by atoms with Crippen molar-refractivity contribution in [2.75, 3.05) is 18.4 Å². The maximum Gasteiger partial charge on any atom is 0.271 e. The predicted molar refractivity (Wildman–Crippen MR) is 106 cm³/mol. The maximum atomic E-state index is 12.8. The molecule has 0 saturated heterocycles. The number of halogens is 2. The Morgan fingerprint density at radius 3 is 2.36 bits per heavy atom. The van der Waals surface area contributed by atoms with Crippen LogP contribution in [0.1, 0.15) is 34.7 Å². The molecule has 1 aromatic carbocycles. The molecule has 0 atom stereocenters. The number of nitrogens with two attached hydrogens (primary N) is 1. The molecule has 9 nitrogen and oxygen atoms in total. The van der Waals surface area contributed by atoms with E-state index >= 15 is 0 Å². The summed E-state index contributed by atoms with van der Waals surface area (Å²) in [6.45, 7) is 3.84. The third-order valence-electron chi connectivity index (χ3n) is 3.90. The van der Waals surface area contributed by atoms with E-state index < -0.39 is 21.8 Å². The van der Waals surface area contributed by atoms with Gasteiger partial charge in [-0.05, 0) is 12.1 Å². The van der Waals surface area contributed by atoms with E-state index in [4.69, 9.17) is 28.9 Å². The van der Waals surface area contributed by atoms with Crippen LogP contribution in [0.4, 0.5) is 5.69 Å². The summed E-state index contributed by atoms with van der Waals surface area (Å²) in [5.74, 6) is -1.57. The maximum absolute atomic E-state index is 12.8. The molecule has 0 unspecified atom stereocenters. The first-order valence-electron chi connectivity index (χ1n) is 8.16. The normalized spacial score (nSPS) is 11.6. The molecule has 2 rings (SSSR count). The van der Waals surface area contributed by atoms with Crippen LogP contribution >= 0.6 is 23.2 Å². The number of hydrogen-bond acceptors (Lipinski definition) is 5. The molecular weight excluding hydrogens is 429 g/mol. The Labute approximate surface area is 172 Å². The first kappa shape index (κ1) is 22.2. The second-order valence-corrected chi connectivity index (χ2v) is 8.46. The van der Waals surface area contributed by atoms with Gasteiger partial charge in [0.05, 0.1) is 21.3 Å². The van der Waals surface area contributed by atoms with Crippen LogP contribution in [0.3, 0.4) is 0 Å². The first-order chi connectivity index (χ1) is 13.0. The molecule has 28 heavy (non-hydrogen) atoms. The lowest BCUT2D eigenvalue weighted by molar-refractivity contribution is 0.0995. The van der Waals surface area contributed by atoms with Gasteiger partial charge in [0.25, 0.3) is 11.8 Å². The average Bonchev–Trinajstić information content (AvgIpc) is 2.95. The van der Waals surface area contributed by atoms with Crippen molar-refractivity contribution >= 4 is 50.7 Å². The van der Waals surface area contributed by atoms with Gasteiger partial charge < -0.3 is 11.1 Å². The minimum Gasteiger partial charge on any atom is -0.364 e. The van der Waals surface area contributed by atoms with E-state index in [0.29, 0.717) is 0 Å². The number of hydrogen-bond donors (Lipinski definition) is 2. The molecule has 0 aliphatic carbocycles. The van der Waals surface area contributed by atoms with Gasteiger partial charge in [0, 0.05) is 26.3 Å². The summed E-state index contributed by atoms with van der Waals surface area (Å²) < 4.78 is 28.1. The lowest BCUT2D eigenvalue weighted by Crippen LogP contribution is -2.31. The molecule has 2 amide bonds. The number of aryl methyl sites for hydroxylation is 1. The molecule has 152 valence electrons. The zero-order valence-corrected chi connectivity index (χ0v) is 17.7. The number of sulfonamides is 1. The molecule has 0 spiro atoms. The van der Waals surface area contributed by atoms with E-state index in [1.54, 1.807) is 20.9 Å². The van der Waals surface area contributed by atoms with Gasteiger partial charge in [-0.1, -0.05) is 37.0 Å². The van der Waals surface area contributed by atoms with Gasteiger partial charge >= 0.3 is 0 Å². The number of nitrogens with zero attached hydrogens (tertiary/aromatic N) is 3. The zero-order chi connectivity index (χ0) is 21.2. The number of carbonyl (C=O) groups is 2. The van der Waals surface area contributed by atoms with Crippen LogP contribution in [0.15, 0.2) is 23.2 Å². The van der Waals surface area contributed by atoms with Crippen molar-refractivity contribution in [2.45, 2.75) is 18.7 Å². The quantitative estimate of drug-likeness (QED) is 0.671. The summed E-state index contributed by atoms with van der Waals surface area (Å²) in [6, 6.07) is 2.29. The SMILES string of the molecule is CCN(CC)S(=O)(=O)c1cc(C(=O)Nc2cn(C)nc2C(N)=O)c(Cl)cc1Cl. The molecule has 0 saturated carbocycles. The largest absolute Gasteiger partial charge is 0.364 e. The predicted octanol–water partition coefficient (Wildman–Crippen LogP) is 2.11. The van der Waals surface area contributed by atoms with Crippen molar-refractivity contribution in [3.8, 4) is 0 Å². The Morgan fingerprint density at radius 2 is 1.82 bits per heavy atom. The van der Waals surface area contributed by atoms with Gasteiger partial charge in [0.2, 0.25) is 10.0 Å². The second kappa shape index (κ2) is 8.48. The highest BCUT2D eigenvalue weighted by Crippen LogP contribution is 2.31. The van der Waals surface area contributed by atoms with E-state index in [-0.39, 0.29) is 45.0 Å². The van der Waals surface area contributed by atoms with Crippen molar-refractivity contribution in [2.24, 2.45) is 12.8 Å². The van der Waals surface area contributed by atoms with Crippen LogP contribution in [0.5, 0.6) is 0 Å². The van der Waals surface area contributed by atoms with Crippen molar-refractivity contribution in [3.63, 3.8) is 0 Å². The van der Waals surface area contributed by atoms with E-state index in [2.05, 4.69) is 10.4 Å². The van der Waals surface area contributed by atoms with Crippen LogP contribution in [0.25, 0.3) is 0 Å². The fourth-order valence-electron chi connectivity index (χ4n) is 2.55. The number of anilines is 1. The molecule has 1 aromatic heterocycles.